The highest BCUT2D eigenvalue weighted by Crippen LogP contribution is 2.28. The van der Waals surface area contributed by atoms with Gasteiger partial charge >= 0.3 is 5.97 Å². The zero-order chi connectivity index (χ0) is 15.4. The van der Waals surface area contributed by atoms with Gasteiger partial charge in [-0.15, -0.1) is 0 Å². The van der Waals surface area contributed by atoms with Crippen molar-refractivity contribution in [3.05, 3.63) is 30.0 Å². The SMILES string of the molecule is CCCC(=O)Oc1cccc2c(CCN3CCCC3)c[nH]c12. The molecule has 0 atom stereocenters. The van der Waals surface area contributed by atoms with Crippen LogP contribution in [0.15, 0.2) is 24.4 Å². The number of nitrogens with one attached hydrogen (secondary N) is 1. The van der Waals surface area contributed by atoms with Crippen LogP contribution in [0, 0.1) is 0 Å². The standard InChI is InChI=1S/C18H24N2O2/c1-2-6-17(21)22-16-8-5-7-15-14(13-19-18(15)16)9-12-20-10-3-4-11-20/h5,7-8,13,19H,2-4,6,9-12H2,1H3. The predicted octanol–water partition coefficient (Wildman–Crippen LogP) is 3.51. The molecule has 1 saturated heterocycles. The van der Waals surface area contributed by atoms with Gasteiger partial charge in [-0.1, -0.05) is 19.1 Å². The highest BCUT2D eigenvalue weighted by Gasteiger charge is 2.14. The minimum Gasteiger partial charge on any atom is -0.424 e. The first kappa shape index (κ1) is 15.1. The summed E-state index contributed by atoms with van der Waals surface area (Å²) in [6, 6.07) is 5.92. The third-order valence-corrected chi connectivity index (χ3v) is 4.34. The fourth-order valence-corrected chi connectivity index (χ4v) is 3.14. The highest BCUT2D eigenvalue weighted by atomic mass is 16.5. The third kappa shape index (κ3) is 3.33. The van der Waals surface area contributed by atoms with Crippen LogP contribution in [0.5, 0.6) is 5.75 Å². The van der Waals surface area contributed by atoms with Crippen LogP contribution >= 0.6 is 0 Å². The van der Waals surface area contributed by atoms with Crippen molar-refractivity contribution < 1.29 is 9.53 Å². The van der Waals surface area contributed by atoms with E-state index in [0.717, 1.165) is 24.9 Å². The van der Waals surface area contributed by atoms with Gasteiger partial charge in [-0.3, -0.25) is 4.79 Å². The lowest BCUT2D eigenvalue weighted by Crippen LogP contribution is -2.21. The first-order chi connectivity index (χ1) is 10.8. The molecule has 3 rings (SSSR count). The fraction of sp³-hybridized carbons (Fsp3) is 0.500. The molecule has 1 fully saturated rings. The second-order valence-electron chi connectivity index (χ2n) is 6.02. The second-order valence-corrected chi connectivity index (χ2v) is 6.02. The van der Waals surface area contributed by atoms with Crippen molar-refractivity contribution in [3.8, 4) is 5.75 Å². The Balaban J connectivity index is 1.74. The van der Waals surface area contributed by atoms with Crippen LogP contribution in [0.4, 0.5) is 0 Å². The van der Waals surface area contributed by atoms with Crippen LogP contribution in [-0.4, -0.2) is 35.5 Å². The van der Waals surface area contributed by atoms with Crippen LogP contribution in [0.1, 0.15) is 38.2 Å². The molecule has 1 aliphatic rings. The van der Waals surface area contributed by atoms with E-state index >= 15 is 0 Å². The summed E-state index contributed by atoms with van der Waals surface area (Å²) in [5, 5.41) is 1.17. The zero-order valence-corrected chi connectivity index (χ0v) is 13.2. The van der Waals surface area contributed by atoms with E-state index in [9.17, 15) is 4.79 Å². The molecule has 0 spiro atoms. The maximum Gasteiger partial charge on any atom is 0.311 e. The summed E-state index contributed by atoms with van der Waals surface area (Å²) in [6.07, 6.45) is 7.00. The van der Waals surface area contributed by atoms with Crippen molar-refractivity contribution in [1.29, 1.82) is 0 Å². The lowest BCUT2D eigenvalue weighted by atomic mass is 10.1. The first-order valence-corrected chi connectivity index (χ1v) is 8.30. The number of aromatic amines is 1. The second kappa shape index (κ2) is 6.97. The van der Waals surface area contributed by atoms with Crippen LogP contribution in [0.3, 0.4) is 0 Å². The monoisotopic (exact) mass is 300 g/mol. The Hall–Kier alpha value is -1.81. The quantitative estimate of drug-likeness (QED) is 0.656. The molecule has 1 aromatic heterocycles. The van der Waals surface area contributed by atoms with E-state index in [0.29, 0.717) is 12.2 Å². The number of nitrogens with zero attached hydrogens (tertiary/aromatic N) is 1. The van der Waals surface area contributed by atoms with Crippen LogP contribution < -0.4 is 4.74 Å². The number of ether oxygens (including phenoxy) is 1. The minimum absolute atomic E-state index is 0.164. The number of benzene rings is 1. The zero-order valence-electron chi connectivity index (χ0n) is 13.2. The number of carbonyl (C=O) groups is 1. The molecule has 0 aliphatic carbocycles. The molecule has 0 saturated carbocycles. The molecule has 1 aromatic carbocycles. The Morgan fingerprint density at radius 2 is 2.14 bits per heavy atom. The van der Waals surface area contributed by atoms with Gasteiger partial charge in [-0.05, 0) is 50.4 Å². The van der Waals surface area contributed by atoms with Gasteiger partial charge in [0, 0.05) is 24.5 Å². The lowest BCUT2D eigenvalue weighted by molar-refractivity contribution is -0.134. The van der Waals surface area contributed by atoms with E-state index in [1.807, 2.05) is 19.1 Å². The molecule has 22 heavy (non-hydrogen) atoms. The van der Waals surface area contributed by atoms with E-state index in [4.69, 9.17) is 4.74 Å². The molecule has 1 aliphatic heterocycles. The number of carbonyl (C=O) groups excluding carboxylic acids is 1. The average Bonchev–Trinajstić information content (AvgIpc) is 3.15. The normalized spacial score (nSPS) is 15.5. The molecule has 0 radical (unpaired) electrons. The van der Waals surface area contributed by atoms with Crippen LogP contribution in [-0.2, 0) is 11.2 Å². The van der Waals surface area contributed by atoms with Gasteiger partial charge in [0.2, 0.25) is 0 Å². The van der Waals surface area contributed by atoms with Gasteiger partial charge < -0.3 is 14.6 Å². The number of rotatable bonds is 6. The summed E-state index contributed by atoms with van der Waals surface area (Å²) in [6.45, 7) is 5.53. The van der Waals surface area contributed by atoms with Crippen molar-refractivity contribution in [2.75, 3.05) is 19.6 Å². The van der Waals surface area contributed by atoms with E-state index in [-0.39, 0.29) is 5.97 Å². The number of H-pyrrole nitrogens is 1. The van der Waals surface area contributed by atoms with Gasteiger partial charge in [0.25, 0.3) is 0 Å². The van der Waals surface area contributed by atoms with Crippen LogP contribution in [0.25, 0.3) is 10.9 Å². The molecule has 0 unspecified atom stereocenters. The predicted molar refractivity (Wildman–Crippen MR) is 88.2 cm³/mol. The highest BCUT2D eigenvalue weighted by molar-refractivity contribution is 5.90. The van der Waals surface area contributed by atoms with Gasteiger partial charge in [0.15, 0.2) is 5.75 Å². The third-order valence-electron chi connectivity index (χ3n) is 4.34. The Labute approximate surface area is 131 Å². The Kier molecular flexibility index (Phi) is 4.78. The van der Waals surface area contributed by atoms with E-state index in [1.165, 1.54) is 36.9 Å². The topological polar surface area (TPSA) is 45.3 Å². The van der Waals surface area contributed by atoms with Crippen molar-refractivity contribution in [1.82, 2.24) is 9.88 Å². The Bertz CT molecular complexity index is 642. The Morgan fingerprint density at radius 1 is 1.32 bits per heavy atom. The van der Waals surface area contributed by atoms with E-state index in [1.54, 1.807) is 0 Å². The molecule has 2 aromatic rings. The van der Waals surface area contributed by atoms with Crippen LogP contribution in [0.2, 0.25) is 0 Å². The summed E-state index contributed by atoms with van der Waals surface area (Å²) < 4.78 is 5.48. The molecular formula is C18H24N2O2. The van der Waals surface area contributed by atoms with Gasteiger partial charge in [0.05, 0.1) is 5.52 Å². The minimum atomic E-state index is -0.164. The van der Waals surface area contributed by atoms with Crippen molar-refractivity contribution in [3.63, 3.8) is 0 Å². The summed E-state index contributed by atoms with van der Waals surface area (Å²) in [5.41, 5.74) is 2.23. The molecule has 4 nitrogen and oxygen atoms in total. The maximum atomic E-state index is 11.7. The molecule has 2 heterocycles. The fourth-order valence-electron chi connectivity index (χ4n) is 3.14. The number of fused-ring (bicyclic) bond motifs is 1. The smallest absolute Gasteiger partial charge is 0.311 e. The number of hydrogen-bond acceptors (Lipinski definition) is 3. The molecular weight excluding hydrogens is 276 g/mol. The molecule has 0 bridgehead atoms. The van der Waals surface area contributed by atoms with E-state index < -0.39 is 0 Å². The lowest BCUT2D eigenvalue weighted by Gasteiger charge is -2.13. The largest absolute Gasteiger partial charge is 0.424 e. The van der Waals surface area contributed by atoms with Gasteiger partial charge in [-0.25, -0.2) is 0 Å². The van der Waals surface area contributed by atoms with Gasteiger partial charge in [0.1, 0.15) is 0 Å². The number of likely N-dealkylation sites (tertiary alicyclic amines) is 1. The Morgan fingerprint density at radius 3 is 2.91 bits per heavy atom. The average molecular weight is 300 g/mol. The van der Waals surface area contributed by atoms with Crippen molar-refractivity contribution >= 4 is 16.9 Å². The maximum absolute atomic E-state index is 11.7. The summed E-state index contributed by atoms with van der Waals surface area (Å²) >= 11 is 0. The first-order valence-electron chi connectivity index (χ1n) is 8.30. The number of aromatic nitrogens is 1. The summed E-state index contributed by atoms with van der Waals surface area (Å²) in [4.78, 5) is 17.5. The molecule has 1 N–H and O–H groups in total. The number of hydrogen-bond donors (Lipinski definition) is 1. The summed E-state index contributed by atoms with van der Waals surface area (Å²) in [5.74, 6) is 0.478. The van der Waals surface area contributed by atoms with Gasteiger partial charge in [-0.2, -0.15) is 0 Å². The number of esters is 1. The summed E-state index contributed by atoms with van der Waals surface area (Å²) in [7, 11) is 0. The van der Waals surface area contributed by atoms with Crippen molar-refractivity contribution in [2.45, 2.75) is 39.0 Å². The van der Waals surface area contributed by atoms with E-state index in [2.05, 4.69) is 22.1 Å². The molecule has 118 valence electrons. The van der Waals surface area contributed by atoms with Crippen molar-refractivity contribution in [2.24, 2.45) is 0 Å². The molecule has 4 heteroatoms. The number of para-hydroxylation sites is 1. The molecule has 0 amide bonds.